The Balaban J connectivity index is 1.86. The fourth-order valence-corrected chi connectivity index (χ4v) is 3.18. The number of rotatable bonds is 2. The highest BCUT2D eigenvalue weighted by atomic mass is 16.7. The van der Waals surface area contributed by atoms with Crippen LogP contribution in [-0.4, -0.2) is 49.2 Å². The first kappa shape index (κ1) is 11.0. The van der Waals surface area contributed by atoms with E-state index in [0.29, 0.717) is 26.4 Å². The molecule has 3 saturated heterocycles. The van der Waals surface area contributed by atoms with E-state index in [-0.39, 0.29) is 24.0 Å². The van der Waals surface area contributed by atoms with Crippen LogP contribution in [0, 0.1) is 11.8 Å². The molecule has 3 fully saturated rings. The quantitative estimate of drug-likeness (QED) is 0.675. The predicted molar refractivity (Wildman–Crippen MR) is 59.3 cm³/mol. The summed E-state index contributed by atoms with van der Waals surface area (Å²) in [7, 11) is 0. The number of ether oxygens (including phenoxy) is 3. The average Bonchev–Trinajstić information content (AvgIpc) is 2.96. The molecular formula is C12H17NO4. The van der Waals surface area contributed by atoms with Crippen LogP contribution in [0.3, 0.4) is 0 Å². The number of amides is 1. The molecule has 0 aromatic heterocycles. The molecule has 5 heteroatoms. The first-order valence-electron chi connectivity index (χ1n) is 5.99. The molecule has 3 atom stereocenters. The zero-order chi connectivity index (χ0) is 12.0. The second-order valence-electron chi connectivity index (χ2n) is 4.93. The summed E-state index contributed by atoms with van der Waals surface area (Å²) in [6.45, 7) is 8.13. The first-order chi connectivity index (χ1) is 8.15. The van der Waals surface area contributed by atoms with Crippen molar-refractivity contribution < 1.29 is 19.0 Å². The van der Waals surface area contributed by atoms with Crippen LogP contribution in [-0.2, 0) is 14.2 Å². The summed E-state index contributed by atoms with van der Waals surface area (Å²) < 4.78 is 16.5. The maximum absolute atomic E-state index is 11.6. The predicted octanol–water partition coefficient (Wildman–Crippen LogP) is 1.00. The highest BCUT2D eigenvalue weighted by Gasteiger charge is 2.55. The Morgan fingerprint density at radius 3 is 2.82 bits per heavy atom. The Morgan fingerprint density at radius 2 is 2.18 bits per heavy atom. The third-order valence-electron chi connectivity index (χ3n) is 4.12. The molecule has 5 nitrogen and oxygen atoms in total. The Labute approximate surface area is 100 Å². The summed E-state index contributed by atoms with van der Waals surface area (Å²) in [5.74, 6) is -0.284. The topological polar surface area (TPSA) is 48.0 Å². The van der Waals surface area contributed by atoms with Crippen LogP contribution in [0.1, 0.15) is 6.92 Å². The van der Waals surface area contributed by atoms with Gasteiger partial charge in [-0.15, -0.1) is 6.58 Å². The fraction of sp³-hybridized carbons (Fsp3) is 0.750. The molecule has 0 bridgehead atoms. The molecule has 0 aromatic rings. The van der Waals surface area contributed by atoms with Crippen molar-refractivity contribution in [2.75, 3.05) is 26.4 Å². The summed E-state index contributed by atoms with van der Waals surface area (Å²) >= 11 is 0. The largest absolute Gasteiger partial charge is 0.447 e. The van der Waals surface area contributed by atoms with Crippen molar-refractivity contribution in [2.24, 2.45) is 11.8 Å². The van der Waals surface area contributed by atoms with E-state index in [2.05, 4.69) is 6.58 Å². The fourth-order valence-electron chi connectivity index (χ4n) is 3.18. The van der Waals surface area contributed by atoms with Crippen LogP contribution < -0.4 is 0 Å². The molecular weight excluding hydrogens is 222 g/mol. The maximum Gasteiger partial charge on any atom is 0.410 e. The summed E-state index contributed by atoms with van der Waals surface area (Å²) in [6, 6.07) is 0.0922. The molecule has 3 rings (SSSR count). The van der Waals surface area contributed by atoms with Crippen molar-refractivity contribution in [2.45, 2.75) is 18.8 Å². The SMILES string of the molecule is C=C[C@@H]1[C@H]2COC(=O)N2C[C@H]1C1(C)OCCO1. The van der Waals surface area contributed by atoms with E-state index in [1.165, 1.54) is 0 Å². The highest BCUT2D eigenvalue weighted by molar-refractivity contribution is 5.71. The van der Waals surface area contributed by atoms with Gasteiger partial charge >= 0.3 is 6.09 Å². The van der Waals surface area contributed by atoms with Crippen molar-refractivity contribution in [1.82, 2.24) is 4.90 Å². The van der Waals surface area contributed by atoms with Crippen molar-refractivity contribution in [3.05, 3.63) is 12.7 Å². The van der Waals surface area contributed by atoms with Gasteiger partial charge in [-0.25, -0.2) is 4.79 Å². The number of hydrogen-bond acceptors (Lipinski definition) is 4. The van der Waals surface area contributed by atoms with Crippen LogP contribution in [0.4, 0.5) is 4.79 Å². The number of nitrogens with zero attached hydrogens (tertiary/aromatic N) is 1. The molecule has 17 heavy (non-hydrogen) atoms. The van der Waals surface area contributed by atoms with Gasteiger partial charge in [0, 0.05) is 18.4 Å². The van der Waals surface area contributed by atoms with E-state index in [1.54, 1.807) is 4.90 Å². The van der Waals surface area contributed by atoms with Gasteiger partial charge in [0.1, 0.15) is 6.61 Å². The Hall–Kier alpha value is -1.07. The molecule has 0 radical (unpaired) electrons. The van der Waals surface area contributed by atoms with Crippen molar-refractivity contribution in [1.29, 1.82) is 0 Å². The van der Waals surface area contributed by atoms with E-state index in [1.807, 2.05) is 13.0 Å². The van der Waals surface area contributed by atoms with Gasteiger partial charge in [-0.2, -0.15) is 0 Å². The lowest BCUT2D eigenvalue weighted by molar-refractivity contribution is -0.184. The first-order valence-corrected chi connectivity index (χ1v) is 5.99. The molecule has 3 heterocycles. The standard InChI is InChI=1S/C12H17NO4/c1-3-8-9(12(2)16-4-5-17-12)6-13-10(8)7-15-11(13)14/h3,8-10H,1,4-7H2,2H3/t8-,9+,10+/m0/s1. The van der Waals surface area contributed by atoms with Crippen molar-refractivity contribution >= 4 is 6.09 Å². The smallest absolute Gasteiger partial charge is 0.410 e. The number of carbonyl (C=O) groups excluding carboxylic acids is 1. The van der Waals surface area contributed by atoms with Gasteiger partial charge in [0.15, 0.2) is 5.79 Å². The molecule has 1 amide bonds. The van der Waals surface area contributed by atoms with Gasteiger partial charge in [0.2, 0.25) is 0 Å². The van der Waals surface area contributed by atoms with Gasteiger partial charge in [0.05, 0.1) is 19.3 Å². The van der Waals surface area contributed by atoms with Crippen molar-refractivity contribution in [3.63, 3.8) is 0 Å². The van der Waals surface area contributed by atoms with E-state index in [9.17, 15) is 4.79 Å². The Bertz CT molecular complexity index is 350. The zero-order valence-corrected chi connectivity index (χ0v) is 9.93. The van der Waals surface area contributed by atoms with Crippen molar-refractivity contribution in [3.8, 4) is 0 Å². The normalized spacial score (nSPS) is 39.2. The minimum Gasteiger partial charge on any atom is -0.447 e. The monoisotopic (exact) mass is 239 g/mol. The van der Waals surface area contributed by atoms with Gasteiger partial charge in [-0.05, 0) is 6.92 Å². The van der Waals surface area contributed by atoms with Crippen LogP contribution in [0.15, 0.2) is 12.7 Å². The van der Waals surface area contributed by atoms with E-state index >= 15 is 0 Å². The van der Waals surface area contributed by atoms with Gasteiger partial charge < -0.3 is 19.1 Å². The molecule has 94 valence electrons. The molecule has 3 aliphatic heterocycles. The third kappa shape index (κ3) is 1.49. The summed E-state index contributed by atoms with van der Waals surface area (Å²) in [6.07, 6.45) is 1.67. The van der Waals surface area contributed by atoms with Gasteiger partial charge in [-0.1, -0.05) is 6.08 Å². The van der Waals surface area contributed by atoms with E-state index in [0.717, 1.165) is 0 Å². The Morgan fingerprint density at radius 1 is 1.47 bits per heavy atom. The molecule has 0 spiro atoms. The number of carbonyl (C=O) groups is 1. The van der Waals surface area contributed by atoms with E-state index < -0.39 is 5.79 Å². The van der Waals surface area contributed by atoms with Crippen LogP contribution >= 0.6 is 0 Å². The Kier molecular flexibility index (Phi) is 2.41. The van der Waals surface area contributed by atoms with Gasteiger partial charge in [0.25, 0.3) is 0 Å². The molecule has 0 aliphatic carbocycles. The molecule has 0 aromatic carbocycles. The number of fused-ring (bicyclic) bond motifs is 1. The number of cyclic esters (lactones) is 1. The minimum atomic E-state index is -0.594. The third-order valence-corrected chi connectivity index (χ3v) is 4.12. The van der Waals surface area contributed by atoms with Crippen LogP contribution in [0.2, 0.25) is 0 Å². The van der Waals surface area contributed by atoms with E-state index in [4.69, 9.17) is 14.2 Å². The number of hydrogen-bond donors (Lipinski definition) is 0. The average molecular weight is 239 g/mol. The lowest BCUT2D eigenvalue weighted by Gasteiger charge is -2.32. The van der Waals surface area contributed by atoms with Crippen LogP contribution in [0.5, 0.6) is 0 Å². The second-order valence-corrected chi connectivity index (χ2v) is 4.93. The van der Waals surface area contributed by atoms with Gasteiger partial charge in [-0.3, -0.25) is 0 Å². The molecule has 3 aliphatic rings. The second kappa shape index (κ2) is 3.71. The molecule has 0 N–H and O–H groups in total. The lowest BCUT2D eigenvalue weighted by atomic mass is 9.85. The summed E-state index contributed by atoms with van der Waals surface area (Å²) in [4.78, 5) is 13.3. The maximum atomic E-state index is 11.6. The summed E-state index contributed by atoms with van der Waals surface area (Å²) in [5.41, 5.74) is 0. The van der Waals surface area contributed by atoms with Crippen LogP contribution in [0.25, 0.3) is 0 Å². The lowest BCUT2D eigenvalue weighted by Crippen LogP contribution is -2.41. The molecule has 0 unspecified atom stereocenters. The molecule has 0 saturated carbocycles. The minimum absolute atomic E-state index is 0.0922. The highest BCUT2D eigenvalue weighted by Crippen LogP contribution is 2.43. The zero-order valence-electron chi connectivity index (χ0n) is 9.93. The summed E-state index contributed by atoms with van der Waals surface area (Å²) in [5, 5.41) is 0.